The minimum atomic E-state index is -4.85. The molecular formula is C12H16F3N5O3. The number of nitrogens with one attached hydrogen (secondary N) is 1. The highest BCUT2D eigenvalue weighted by Crippen LogP contribution is 2.26. The molecular weight excluding hydrogens is 319 g/mol. The van der Waals surface area contributed by atoms with Gasteiger partial charge in [0.15, 0.2) is 0 Å². The van der Waals surface area contributed by atoms with E-state index in [9.17, 15) is 28.1 Å². The summed E-state index contributed by atoms with van der Waals surface area (Å²) < 4.78 is 38.5. The van der Waals surface area contributed by atoms with Crippen molar-refractivity contribution in [3.05, 3.63) is 16.4 Å². The number of nitro groups is 1. The Balaban J connectivity index is 1.87. The summed E-state index contributed by atoms with van der Waals surface area (Å²) in [5.74, 6) is -1.83. The summed E-state index contributed by atoms with van der Waals surface area (Å²) in [6.07, 6.45) is -2.73. The van der Waals surface area contributed by atoms with Gasteiger partial charge in [-0.1, -0.05) is 0 Å². The number of aryl methyl sites for hydroxylation is 1. The average Bonchev–Trinajstić information content (AvgIpc) is 2.85. The Hall–Kier alpha value is -2.33. The van der Waals surface area contributed by atoms with Crippen molar-refractivity contribution in [1.82, 2.24) is 14.5 Å². The molecule has 1 fully saturated rings. The molecule has 0 aromatic carbocycles. The molecule has 128 valence electrons. The molecule has 0 saturated carbocycles. The number of hydrogen-bond acceptors (Lipinski definition) is 5. The number of nitrogens with zero attached hydrogens (tertiary/aromatic N) is 4. The van der Waals surface area contributed by atoms with Crippen molar-refractivity contribution >= 4 is 17.5 Å². The van der Waals surface area contributed by atoms with E-state index in [4.69, 9.17) is 0 Å². The van der Waals surface area contributed by atoms with Gasteiger partial charge in [-0.3, -0.25) is 9.36 Å². The first-order valence-corrected chi connectivity index (χ1v) is 6.96. The standard InChI is InChI=1S/C12H16F3N5O3/c1-18-7-17-10(20(22)23)9(18)16-6-8-2-4-19(5-3-8)11(21)12(13,14)15/h7-8,16H,2-6H2,1H3. The Morgan fingerprint density at radius 2 is 2.09 bits per heavy atom. The summed E-state index contributed by atoms with van der Waals surface area (Å²) in [5.41, 5.74) is 0. The molecule has 0 radical (unpaired) electrons. The van der Waals surface area contributed by atoms with Crippen molar-refractivity contribution in [2.24, 2.45) is 13.0 Å². The molecule has 1 amide bonds. The first-order chi connectivity index (χ1) is 10.7. The van der Waals surface area contributed by atoms with Crippen LogP contribution in [0, 0.1) is 16.0 Å². The van der Waals surface area contributed by atoms with Crippen LogP contribution in [0.1, 0.15) is 12.8 Å². The van der Waals surface area contributed by atoms with Gasteiger partial charge in [-0.25, -0.2) is 0 Å². The van der Waals surface area contributed by atoms with Crippen LogP contribution < -0.4 is 5.32 Å². The molecule has 1 saturated heterocycles. The Kier molecular flexibility index (Phi) is 4.76. The second kappa shape index (κ2) is 6.42. The molecule has 1 N–H and O–H groups in total. The van der Waals surface area contributed by atoms with Crippen molar-refractivity contribution in [3.8, 4) is 0 Å². The summed E-state index contributed by atoms with van der Waals surface area (Å²) in [6, 6.07) is 0. The molecule has 0 bridgehead atoms. The molecule has 2 rings (SSSR count). The van der Waals surface area contributed by atoms with E-state index in [1.54, 1.807) is 7.05 Å². The fraction of sp³-hybridized carbons (Fsp3) is 0.667. The number of imidazole rings is 1. The molecule has 0 unspecified atom stereocenters. The van der Waals surface area contributed by atoms with Crippen molar-refractivity contribution in [3.63, 3.8) is 0 Å². The second-order valence-electron chi connectivity index (χ2n) is 5.40. The van der Waals surface area contributed by atoms with Crippen molar-refractivity contribution in [2.75, 3.05) is 25.0 Å². The number of hydrogen-bond donors (Lipinski definition) is 1. The maximum absolute atomic E-state index is 12.4. The van der Waals surface area contributed by atoms with Crippen molar-refractivity contribution in [2.45, 2.75) is 19.0 Å². The van der Waals surface area contributed by atoms with Gasteiger partial charge in [0, 0.05) is 26.7 Å². The second-order valence-corrected chi connectivity index (χ2v) is 5.40. The van der Waals surface area contributed by atoms with Gasteiger partial charge in [-0.2, -0.15) is 13.2 Å². The van der Waals surface area contributed by atoms with Gasteiger partial charge in [0.2, 0.25) is 12.1 Å². The number of piperidine rings is 1. The molecule has 1 aliphatic heterocycles. The maximum Gasteiger partial charge on any atom is 0.471 e. The smallest absolute Gasteiger partial charge is 0.364 e. The number of likely N-dealkylation sites (tertiary alicyclic amines) is 1. The quantitative estimate of drug-likeness (QED) is 0.665. The van der Waals surface area contributed by atoms with E-state index >= 15 is 0 Å². The SMILES string of the molecule is Cn1cnc([N+](=O)[O-])c1NCC1CCN(C(=O)C(F)(F)F)CC1. The highest BCUT2D eigenvalue weighted by atomic mass is 19.4. The lowest BCUT2D eigenvalue weighted by atomic mass is 9.96. The minimum absolute atomic E-state index is 0.0260. The molecule has 1 aromatic heterocycles. The molecule has 23 heavy (non-hydrogen) atoms. The number of alkyl halides is 3. The highest BCUT2D eigenvalue weighted by molar-refractivity contribution is 5.81. The largest absolute Gasteiger partial charge is 0.471 e. The van der Waals surface area contributed by atoms with Crippen LogP contribution in [-0.2, 0) is 11.8 Å². The van der Waals surface area contributed by atoms with Gasteiger partial charge >= 0.3 is 17.9 Å². The third-order valence-electron chi connectivity index (χ3n) is 3.79. The maximum atomic E-state index is 12.4. The lowest BCUT2D eigenvalue weighted by molar-refractivity contribution is -0.388. The fourth-order valence-electron chi connectivity index (χ4n) is 2.52. The summed E-state index contributed by atoms with van der Waals surface area (Å²) in [5, 5.41) is 13.8. The van der Waals surface area contributed by atoms with E-state index in [1.165, 1.54) is 10.9 Å². The minimum Gasteiger partial charge on any atom is -0.364 e. The molecule has 0 aliphatic carbocycles. The Morgan fingerprint density at radius 1 is 1.48 bits per heavy atom. The molecule has 11 heteroatoms. The normalized spacial score (nSPS) is 16.4. The zero-order valence-corrected chi connectivity index (χ0v) is 12.3. The number of carbonyl (C=O) groups is 1. The van der Waals surface area contributed by atoms with Gasteiger partial charge in [-0.05, 0) is 28.7 Å². The Morgan fingerprint density at radius 3 is 2.61 bits per heavy atom. The van der Waals surface area contributed by atoms with Crippen molar-refractivity contribution in [1.29, 1.82) is 0 Å². The lowest BCUT2D eigenvalue weighted by Crippen LogP contribution is -2.46. The van der Waals surface area contributed by atoms with E-state index in [0.29, 0.717) is 19.4 Å². The van der Waals surface area contributed by atoms with Crippen LogP contribution in [0.3, 0.4) is 0 Å². The average molecular weight is 335 g/mol. The van der Waals surface area contributed by atoms with Crippen LogP contribution in [-0.4, -0.2) is 51.1 Å². The predicted molar refractivity (Wildman–Crippen MR) is 73.7 cm³/mol. The van der Waals surface area contributed by atoms with Gasteiger partial charge in [-0.15, -0.1) is 0 Å². The number of anilines is 1. The highest BCUT2D eigenvalue weighted by Gasteiger charge is 2.43. The van der Waals surface area contributed by atoms with Crippen LogP contribution in [0.5, 0.6) is 0 Å². The van der Waals surface area contributed by atoms with Gasteiger partial charge in [0.05, 0.1) is 0 Å². The molecule has 0 spiro atoms. The summed E-state index contributed by atoms with van der Waals surface area (Å²) >= 11 is 0. The molecule has 8 nitrogen and oxygen atoms in total. The third kappa shape index (κ3) is 3.90. The first-order valence-electron chi connectivity index (χ1n) is 6.96. The topological polar surface area (TPSA) is 93.3 Å². The number of carbonyl (C=O) groups excluding carboxylic acids is 1. The van der Waals surface area contributed by atoms with Gasteiger partial charge in [0.1, 0.15) is 0 Å². The third-order valence-corrected chi connectivity index (χ3v) is 3.79. The van der Waals surface area contributed by atoms with Crippen molar-refractivity contribution < 1.29 is 22.9 Å². The van der Waals surface area contributed by atoms with Gasteiger partial charge < -0.3 is 20.3 Å². The summed E-state index contributed by atoms with van der Waals surface area (Å²) in [4.78, 5) is 25.8. The van der Waals surface area contributed by atoms with E-state index in [2.05, 4.69) is 10.3 Å². The molecule has 1 aromatic rings. The van der Waals surface area contributed by atoms with E-state index in [-0.39, 0.29) is 30.6 Å². The van der Waals surface area contributed by atoms with Crippen LogP contribution in [0.2, 0.25) is 0 Å². The van der Waals surface area contributed by atoms with E-state index < -0.39 is 17.0 Å². The van der Waals surface area contributed by atoms with E-state index in [0.717, 1.165) is 4.90 Å². The lowest BCUT2D eigenvalue weighted by Gasteiger charge is -2.32. The number of amides is 1. The molecule has 2 heterocycles. The Labute approximate surface area is 129 Å². The predicted octanol–water partition coefficient (Wildman–Crippen LogP) is 1.54. The Bertz CT molecular complexity index is 593. The van der Waals surface area contributed by atoms with Gasteiger partial charge in [0.25, 0.3) is 0 Å². The van der Waals surface area contributed by atoms with Crippen LogP contribution in [0.4, 0.5) is 24.8 Å². The summed E-state index contributed by atoms with van der Waals surface area (Å²) in [7, 11) is 1.60. The van der Waals surface area contributed by atoms with Crippen LogP contribution >= 0.6 is 0 Å². The fourth-order valence-corrected chi connectivity index (χ4v) is 2.52. The zero-order chi connectivity index (χ0) is 17.2. The number of rotatable bonds is 4. The number of aromatic nitrogens is 2. The van der Waals surface area contributed by atoms with Crippen LogP contribution in [0.25, 0.3) is 0 Å². The monoisotopic (exact) mass is 335 g/mol. The summed E-state index contributed by atoms with van der Waals surface area (Å²) in [6.45, 7) is 0.421. The van der Waals surface area contributed by atoms with E-state index in [1.807, 2.05) is 0 Å². The zero-order valence-electron chi connectivity index (χ0n) is 12.3. The molecule has 1 aliphatic rings. The molecule has 0 atom stereocenters. The van der Waals surface area contributed by atoms with Crippen LogP contribution in [0.15, 0.2) is 6.33 Å². The number of halogens is 3. The first kappa shape index (κ1) is 17.0.